The van der Waals surface area contributed by atoms with Gasteiger partial charge in [-0.1, -0.05) is 30.3 Å². The minimum absolute atomic E-state index is 0.0180. The van der Waals surface area contributed by atoms with Crippen molar-refractivity contribution in [3.63, 3.8) is 0 Å². The molecular weight excluding hydrogens is 288 g/mol. The van der Waals surface area contributed by atoms with E-state index in [2.05, 4.69) is 5.32 Å². The molecule has 0 saturated carbocycles. The lowest BCUT2D eigenvalue weighted by Gasteiger charge is -2.31. The highest BCUT2D eigenvalue weighted by Crippen LogP contribution is 2.29. The first-order valence-corrected chi connectivity index (χ1v) is 7.23. The predicted octanol–water partition coefficient (Wildman–Crippen LogP) is 3.07. The minimum atomic E-state index is -0.718. The van der Waals surface area contributed by atoms with Crippen molar-refractivity contribution in [1.29, 1.82) is 0 Å². The topological polar surface area (TPSA) is 30.5 Å². The lowest BCUT2D eigenvalue weighted by atomic mass is 10.0. The van der Waals surface area contributed by atoms with E-state index in [1.165, 1.54) is 12.1 Å². The fourth-order valence-electron chi connectivity index (χ4n) is 2.49. The van der Waals surface area contributed by atoms with Crippen molar-refractivity contribution in [2.75, 3.05) is 19.7 Å². The van der Waals surface area contributed by atoms with Gasteiger partial charge in [-0.15, -0.1) is 0 Å². The summed E-state index contributed by atoms with van der Waals surface area (Å²) < 4.78 is 38.5. The highest BCUT2D eigenvalue weighted by molar-refractivity contribution is 5.27. The third kappa shape index (κ3) is 3.43. The van der Waals surface area contributed by atoms with Crippen LogP contribution < -0.4 is 10.1 Å². The molecule has 1 heterocycles. The van der Waals surface area contributed by atoms with Crippen molar-refractivity contribution in [2.24, 2.45) is 0 Å². The third-order valence-electron chi connectivity index (χ3n) is 3.57. The Hall–Kier alpha value is -1.98. The van der Waals surface area contributed by atoms with E-state index in [1.807, 2.05) is 30.3 Å². The zero-order valence-electron chi connectivity index (χ0n) is 12.0. The number of hydrogen-bond donors (Lipinski definition) is 1. The molecule has 1 aliphatic heterocycles. The van der Waals surface area contributed by atoms with Crippen LogP contribution in [0.1, 0.15) is 11.7 Å². The number of nitrogens with one attached hydrogen (secondary N) is 1. The second kappa shape index (κ2) is 6.85. The molecular formula is C17H17F2NO2. The number of hydrogen-bond acceptors (Lipinski definition) is 3. The van der Waals surface area contributed by atoms with E-state index in [1.54, 1.807) is 0 Å². The van der Waals surface area contributed by atoms with Crippen LogP contribution >= 0.6 is 0 Å². The highest BCUT2D eigenvalue weighted by Gasteiger charge is 2.28. The zero-order valence-corrected chi connectivity index (χ0v) is 12.0. The molecule has 1 saturated heterocycles. The maximum absolute atomic E-state index is 13.9. The van der Waals surface area contributed by atoms with E-state index in [0.29, 0.717) is 13.2 Å². The van der Waals surface area contributed by atoms with Gasteiger partial charge in [0.2, 0.25) is 0 Å². The summed E-state index contributed by atoms with van der Waals surface area (Å²) in [5.41, 5.74) is 0.889. The molecule has 3 rings (SSSR count). The van der Waals surface area contributed by atoms with Gasteiger partial charge in [-0.3, -0.25) is 0 Å². The zero-order chi connectivity index (χ0) is 15.4. The molecule has 22 heavy (non-hydrogen) atoms. The molecule has 1 fully saturated rings. The van der Waals surface area contributed by atoms with Gasteiger partial charge in [0.25, 0.3) is 0 Å². The summed E-state index contributed by atoms with van der Waals surface area (Å²) in [6, 6.07) is 12.8. The molecule has 0 aliphatic carbocycles. The molecule has 0 bridgehead atoms. The molecule has 2 aromatic carbocycles. The van der Waals surface area contributed by atoms with Crippen molar-refractivity contribution < 1.29 is 18.3 Å². The fourth-order valence-corrected chi connectivity index (χ4v) is 2.49. The van der Waals surface area contributed by atoms with Crippen LogP contribution in [0.3, 0.4) is 0 Å². The van der Waals surface area contributed by atoms with Gasteiger partial charge in [-0.2, -0.15) is 0 Å². The summed E-state index contributed by atoms with van der Waals surface area (Å²) in [5, 5.41) is 3.24. The Balaban J connectivity index is 1.87. The monoisotopic (exact) mass is 305 g/mol. The summed E-state index contributed by atoms with van der Waals surface area (Å²) >= 11 is 0. The maximum Gasteiger partial charge on any atom is 0.168 e. The minimum Gasteiger partial charge on any atom is -0.480 e. The van der Waals surface area contributed by atoms with E-state index in [9.17, 15) is 8.78 Å². The Morgan fingerprint density at radius 2 is 1.95 bits per heavy atom. The van der Waals surface area contributed by atoms with E-state index in [4.69, 9.17) is 9.47 Å². The van der Waals surface area contributed by atoms with Gasteiger partial charge in [0.1, 0.15) is 11.9 Å². The second-order valence-corrected chi connectivity index (χ2v) is 5.14. The normalized spacial score (nSPS) is 19.6. The number of morpholine rings is 1. The smallest absolute Gasteiger partial charge is 0.168 e. The van der Waals surface area contributed by atoms with Gasteiger partial charge >= 0.3 is 0 Å². The van der Waals surface area contributed by atoms with Crippen molar-refractivity contribution in [3.05, 3.63) is 65.7 Å². The molecule has 1 unspecified atom stereocenters. The second-order valence-electron chi connectivity index (χ2n) is 5.14. The van der Waals surface area contributed by atoms with Crippen LogP contribution in [0.25, 0.3) is 0 Å². The van der Waals surface area contributed by atoms with Crippen LogP contribution in [0.4, 0.5) is 8.78 Å². The SMILES string of the molecule is Fc1ccc(O[C@@H](c2ccccc2)C2CNCCO2)c(F)c1. The molecule has 0 radical (unpaired) electrons. The first-order chi connectivity index (χ1) is 10.7. The van der Waals surface area contributed by atoms with Gasteiger partial charge in [0, 0.05) is 19.2 Å². The molecule has 2 atom stereocenters. The Labute approximate surface area is 127 Å². The molecule has 0 amide bonds. The van der Waals surface area contributed by atoms with E-state index in [0.717, 1.165) is 18.2 Å². The Morgan fingerprint density at radius 1 is 1.14 bits per heavy atom. The number of benzene rings is 2. The van der Waals surface area contributed by atoms with Crippen LogP contribution in [-0.2, 0) is 4.74 Å². The van der Waals surface area contributed by atoms with Crippen molar-refractivity contribution in [1.82, 2.24) is 5.32 Å². The van der Waals surface area contributed by atoms with Crippen LogP contribution in [0.5, 0.6) is 5.75 Å². The van der Waals surface area contributed by atoms with E-state index < -0.39 is 17.7 Å². The predicted molar refractivity (Wildman–Crippen MR) is 78.8 cm³/mol. The first kappa shape index (κ1) is 14.9. The average molecular weight is 305 g/mol. The summed E-state index contributed by atoms with van der Waals surface area (Å²) in [5.74, 6) is -1.33. The standard InChI is InChI=1S/C17H17F2NO2/c18-13-6-7-15(14(19)10-13)22-17(12-4-2-1-3-5-12)16-11-20-8-9-21-16/h1-7,10,16-17,20H,8-9,11H2/t16?,17-/m0/s1. The Morgan fingerprint density at radius 3 is 2.64 bits per heavy atom. The van der Waals surface area contributed by atoms with Gasteiger partial charge in [-0.25, -0.2) is 8.78 Å². The highest BCUT2D eigenvalue weighted by atomic mass is 19.1. The van der Waals surface area contributed by atoms with Crippen molar-refractivity contribution >= 4 is 0 Å². The molecule has 0 spiro atoms. The van der Waals surface area contributed by atoms with Gasteiger partial charge in [-0.05, 0) is 17.7 Å². The maximum atomic E-state index is 13.9. The summed E-state index contributed by atoms with van der Waals surface area (Å²) in [6.07, 6.45) is -0.699. The molecule has 2 aromatic rings. The van der Waals surface area contributed by atoms with Crippen LogP contribution in [0.15, 0.2) is 48.5 Å². The third-order valence-corrected chi connectivity index (χ3v) is 3.57. The van der Waals surface area contributed by atoms with E-state index in [-0.39, 0.29) is 11.9 Å². The summed E-state index contributed by atoms with van der Waals surface area (Å²) in [4.78, 5) is 0. The van der Waals surface area contributed by atoms with Crippen molar-refractivity contribution in [3.8, 4) is 5.75 Å². The fraction of sp³-hybridized carbons (Fsp3) is 0.294. The number of rotatable bonds is 4. The average Bonchev–Trinajstić information content (AvgIpc) is 2.56. The molecule has 116 valence electrons. The summed E-state index contributed by atoms with van der Waals surface area (Å²) in [6.45, 7) is 1.97. The molecule has 1 N–H and O–H groups in total. The summed E-state index contributed by atoms with van der Waals surface area (Å²) in [7, 11) is 0. The number of ether oxygens (including phenoxy) is 2. The van der Waals surface area contributed by atoms with Crippen LogP contribution in [0.2, 0.25) is 0 Å². The Bertz CT molecular complexity index is 615. The first-order valence-electron chi connectivity index (χ1n) is 7.23. The molecule has 0 aromatic heterocycles. The van der Waals surface area contributed by atoms with E-state index >= 15 is 0 Å². The Kier molecular flexibility index (Phi) is 4.65. The van der Waals surface area contributed by atoms with Gasteiger partial charge in [0.15, 0.2) is 17.7 Å². The lowest BCUT2D eigenvalue weighted by Crippen LogP contribution is -2.43. The molecule has 5 heteroatoms. The molecule has 1 aliphatic rings. The number of halogens is 2. The van der Waals surface area contributed by atoms with Crippen LogP contribution in [0, 0.1) is 11.6 Å². The van der Waals surface area contributed by atoms with Gasteiger partial charge < -0.3 is 14.8 Å². The van der Waals surface area contributed by atoms with Crippen molar-refractivity contribution in [2.45, 2.75) is 12.2 Å². The quantitative estimate of drug-likeness (QED) is 0.941. The largest absolute Gasteiger partial charge is 0.480 e. The van der Waals surface area contributed by atoms with Crippen LogP contribution in [-0.4, -0.2) is 25.8 Å². The lowest BCUT2D eigenvalue weighted by molar-refractivity contribution is -0.0442. The molecule has 3 nitrogen and oxygen atoms in total. The van der Waals surface area contributed by atoms with Gasteiger partial charge in [0.05, 0.1) is 6.61 Å².